The van der Waals surface area contributed by atoms with Crippen molar-refractivity contribution in [1.82, 2.24) is 29.9 Å². The molecule has 2 fully saturated rings. The van der Waals surface area contributed by atoms with Crippen molar-refractivity contribution in [3.8, 4) is 6.07 Å². The van der Waals surface area contributed by atoms with Gasteiger partial charge in [0.1, 0.15) is 5.69 Å². The predicted octanol–water partition coefficient (Wildman–Crippen LogP) is 4.42. The van der Waals surface area contributed by atoms with E-state index in [1.54, 1.807) is 0 Å². The van der Waals surface area contributed by atoms with Crippen LogP contribution in [-0.4, -0.2) is 107 Å². The number of pyridine rings is 1. The van der Waals surface area contributed by atoms with Gasteiger partial charge in [-0.1, -0.05) is 11.6 Å². The lowest BCUT2D eigenvalue weighted by Crippen LogP contribution is -2.55. The molecule has 48 heavy (non-hydrogen) atoms. The predicted molar refractivity (Wildman–Crippen MR) is 184 cm³/mol. The Balaban J connectivity index is 1.38. The van der Waals surface area contributed by atoms with Gasteiger partial charge in [-0.25, -0.2) is 14.5 Å². The zero-order valence-corrected chi connectivity index (χ0v) is 28.8. The number of halogens is 1. The number of nitrogens with one attached hydrogen (secondary N) is 1. The van der Waals surface area contributed by atoms with Crippen molar-refractivity contribution in [2.45, 2.75) is 70.8 Å². The van der Waals surface area contributed by atoms with Gasteiger partial charge in [-0.05, 0) is 71.3 Å². The fourth-order valence-corrected chi connectivity index (χ4v) is 7.61. The Bertz CT molecular complexity index is 1730. The number of amides is 2. The number of fused-ring (bicyclic) bond motifs is 2. The third-order valence-electron chi connectivity index (χ3n) is 9.55. The topological polar surface area (TPSA) is 143 Å². The fraction of sp³-hybridized carbons (Fsp3) is 0.559. The summed E-state index contributed by atoms with van der Waals surface area (Å²) in [7, 11) is 3.92. The second-order valence-electron chi connectivity index (χ2n) is 13.4. The largest absolute Gasteiger partial charge is 0.465 e. The lowest BCUT2D eigenvalue weighted by Gasteiger charge is -2.42. The van der Waals surface area contributed by atoms with Crippen LogP contribution in [0.15, 0.2) is 18.3 Å². The number of nitriles is 1. The molecule has 2 N–H and O–H groups in total. The second kappa shape index (κ2) is 14.2. The summed E-state index contributed by atoms with van der Waals surface area (Å²) in [6, 6.07) is 5.47. The molecule has 3 aromatic rings. The minimum absolute atomic E-state index is 0.0840. The quantitative estimate of drug-likeness (QED) is 0.352. The molecule has 1 unspecified atom stereocenters. The number of anilines is 2. The van der Waals surface area contributed by atoms with Gasteiger partial charge in [-0.2, -0.15) is 10.4 Å². The lowest BCUT2D eigenvalue weighted by atomic mass is 9.98. The monoisotopic (exact) mass is 677 g/mol. The molecule has 256 valence electrons. The first-order valence-electron chi connectivity index (χ1n) is 16.7. The Labute approximate surface area is 286 Å². The van der Waals surface area contributed by atoms with Crippen LogP contribution in [0.25, 0.3) is 10.9 Å². The van der Waals surface area contributed by atoms with Gasteiger partial charge in [0.25, 0.3) is 5.91 Å². The van der Waals surface area contributed by atoms with Gasteiger partial charge in [-0.3, -0.25) is 4.79 Å². The Hall–Kier alpha value is -4.12. The van der Waals surface area contributed by atoms with E-state index in [0.29, 0.717) is 49.9 Å². The third-order valence-corrected chi connectivity index (χ3v) is 10.0. The molecule has 13 nitrogen and oxygen atoms in total. The summed E-state index contributed by atoms with van der Waals surface area (Å²) in [5.74, 6) is -0.270. The van der Waals surface area contributed by atoms with Crippen LogP contribution in [0.4, 0.5) is 16.2 Å². The zero-order chi connectivity index (χ0) is 34.1. The number of benzene rings is 1. The SMILES string of the molecule is Cc1cc2c(cnn2C2CCCCO2)c(N2CCc3c(N4CCN(C(=O)O)[C@@H](CC#N)C4)cc(C(=O)N[C@H](C)CN(C)C)nc3C2)c1Cl. The van der Waals surface area contributed by atoms with Crippen molar-refractivity contribution < 1.29 is 19.4 Å². The van der Waals surface area contributed by atoms with Gasteiger partial charge in [-0.15, -0.1) is 0 Å². The summed E-state index contributed by atoms with van der Waals surface area (Å²) in [4.78, 5) is 38.2. The van der Waals surface area contributed by atoms with Crippen LogP contribution in [0.2, 0.25) is 5.02 Å². The van der Waals surface area contributed by atoms with E-state index in [2.05, 4.69) is 27.3 Å². The molecule has 3 atom stereocenters. The maximum atomic E-state index is 13.6. The van der Waals surface area contributed by atoms with Gasteiger partial charge in [0.2, 0.25) is 0 Å². The number of carbonyl (C=O) groups excluding carboxylic acids is 1. The Kier molecular flexibility index (Phi) is 9.96. The van der Waals surface area contributed by atoms with Crippen molar-refractivity contribution >= 4 is 45.9 Å². The molecule has 6 rings (SSSR count). The maximum Gasteiger partial charge on any atom is 0.407 e. The van der Waals surface area contributed by atoms with Crippen LogP contribution in [0, 0.1) is 18.3 Å². The molecule has 0 aliphatic carbocycles. The highest BCUT2D eigenvalue weighted by atomic mass is 35.5. The first-order valence-corrected chi connectivity index (χ1v) is 17.1. The smallest absolute Gasteiger partial charge is 0.407 e. The molecule has 1 aromatic carbocycles. The molecule has 2 saturated heterocycles. The molecule has 0 bridgehead atoms. The number of aryl methyl sites for hydroxylation is 1. The molecular formula is C34H44ClN9O4. The van der Waals surface area contributed by atoms with Gasteiger partial charge >= 0.3 is 6.09 Å². The number of hydrogen-bond acceptors (Lipinski definition) is 9. The molecule has 14 heteroatoms. The van der Waals surface area contributed by atoms with E-state index < -0.39 is 12.1 Å². The number of aromatic nitrogens is 3. The first kappa shape index (κ1) is 33.8. The van der Waals surface area contributed by atoms with E-state index in [0.717, 1.165) is 65.0 Å². The van der Waals surface area contributed by atoms with E-state index in [-0.39, 0.29) is 31.1 Å². The van der Waals surface area contributed by atoms with Crippen LogP contribution >= 0.6 is 11.6 Å². The van der Waals surface area contributed by atoms with Gasteiger partial charge in [0.15, 0.2) is 6.23 Å². The number of likely N-dealkylation sites (N-methyl/N-ethyl adjacent to an activating group) is 1. The normalized spacial score (nSPS) is 20.5. The number of carboxylic acid groups (broad SMARTS) is 1. The summed E-state index contributed by atoms with van der Waals surface area (Å²) in [5, 5.41) is 28.7. The van der Waals surface area contributed by atoms with Crippen LogP contribution in [0.1, 0.15) is 66.1 Å². The minimum atomic E-state index is -1.03. The third kappa shape index (κ3) is 6.74. The van der Waals surface area contributed by atoms with Gasteiger partial charge in [0.05, 0.1) is 53.2 Å². The zero-order valence-electron chi connectivity index (χ0n) is 28.1. The van der Waals surface area contributed by atoms with Crippen molar-refractivity contribution in [2.24, 2.45) is 0 Å². The summed E-state index contributed by atoms with van der Waals surface area (Å²) in [6.45, 7) is 7.50. The standard InChI is InChI=1S/C34H44ClN9O4/c1-21-15-29-25(17-37-44(29)30-7-5-6-14-48-30)32(31(21)35)42-11-9-24-27(20-42)39-26(33(45)38-22(2)18-40(3)4)16-28(24)41-12-13-43(34(46)47)23(19-41)8-10-36/h15-17,22-23,30H,5-9,11-14,18-20H2,1-4H3,(H,38,45)(H,46,47)/t22-,23+,30?/m1/s1. The first-order chi connectivity index (χ1) is 23.0. The fourth-order valence-electron chi connectivity index (χ4n) is 7.33. The highest BCUT2D eigenvalue weighted by Crippen LogP contribution is 2.41. The number of carbonyl (C=O) groups is 2. The summed E-state index contributed by atoms with van der Waals surface area (Å²) < 4.78 is 8.05. The van der Waals surface area contributed by atoms with Gasteiger partial charge < -0.3 is 34.8 Å². The van der Waals surface area contributed by atoms with E-state index in [4.69, 9.17) is 26.4 Å². The molecule has 3 aliphatic rings. The molecule has 0 saturated carbocycles. The number of rotatable bonds is 8. The van der Waals surface area contributed by atoms with Crippen LogP contribution in [0.5, 0.6) is 0 Å². The molecule has 3 aliphatic heterocycles. The van der Waals surface area contributed by atoms with Crippen molar-refractivity contribution in [1.29, 1.82) is 5.26 Å². The van der Waals surface area contributed by atoms with Crippen molar-refractivity contribution in [3.05, 3.63) is 45.9 Å². The van der Waals surface area contributed by atoms with E-state index in [9.17, 15) is 20.0 Å². The van der Waals surface area contributed by atoms with Crippen molar-refractivity contribution in [3.63, 3.8) is 0 Å². The van der Waals surface area contributed by atoms with E-state index >= 15 is 0 Å². The van der Waals surface area contributed by atoms with E-state index in [1.165, 1.54) is 4.90 Å². The van der Waals surface area contributed by atoms with E-state index in [1.807, 2.05) is 49.8 Å². The number of nitrogens with zero attached hydrogens (tertiary/aromatic N) is 8. The molecule has 0 spiro atoms. The van der Waals surface area contributed by atoms with Crippen LogP contribution < -0.4 is 15.1 Å². The Morgan fingerprint density at radius 3 is 2.75 bits per heavy atom. The molecule has 2 amide bonds. The van der Waals surface area contributed by atoms with Gasteiger partial charge in [0, 0.05) is 62.0 Å². The molecule has 0 radical (unpaired) electrons. The second-order valence-corrected chi connectivity index (χ2v) is 13.8. The molecule has 2 aromatic heterocycles. The summed E-state index contributed by atoms with van der Waals surface area (Å²) in [5.41, 5.74) is 5.77. The Morgan fingerprint density at radius 1 is 1.23 bits per heavy atom. The number of piperazine rings is 1. The summed E-state index contributed by atoms with van der Waals surface area (Å²) in [6.07, 6.45) is 4.51. The van der Waals surface area contributed by atoms with Crippen LogP contribution in [-0.2, 0) is 17.7 Å². The average molecular weight is 678 g/mol. The summed E-state index contributed by atoms with van der Waals surface area (Å²) >= 11 is 7.06. The average Bonchev–Trinajstić information content (AvgIpc) is 3.47. The number of hydrogen-bond donors (Lipinski definition) is 2. The minimum Gasteiger partial charge on any atom is -0.465 e. The highest BCUT2D eigenvalue weighted by molar-refractivity contribution is 6.35. The van der Waals surface area contributed by atoms with Crippen molar-refractivity contribution in [2.75, 3.05) is 63.2 Å². The lowest BCUT2D eigenvalue weighted by molar-refractivity contribution is -0.0366. The maximum absolute atomic E-state index is 13.6. The highest BCUT2D eigenvalue weighted by Gasteiger charge is 2.34. The number of ether oxygens (including phenoxy) is 1. The Morgan fingerprint density at radius 2 is 2.04 bits per heavy atom. The van der Waals surface area contributed by atoms with Crippen LogP contribution in [0.3, 0.4) is 0 Å². The molecular weight excluding hydrogens is 634 g/mol. The molecule has 5 heterocycles.